The number of halogens is 2. The van der Waals surface area contributed by atoms with E-state index in [1.54, 1.807) is 30.0 Å². The Hall–Kier alpha value is -2.04. The number of nitrogens with one attached hydrogen (secondary N) is 1. The molecule has 1 N–H and O–H groups in total. The van der Waals surface area contributed by atoms with Gasteiger partial charge in [0.15, 0.2) is 0 Å². The minimum absolute atomic E-state index is 0.139. The molecule has 0 saturated heterocycles. The molecule has 1 unspecified atom stereocenters. The van der Waals surface area contributed by atoms with Crippen molar-refractivity contribution >= 4 is 35.0 Å². The molecule has 2 aromatic rings. The predicted octanol–water partition coefficient (Wildman–Crippen LogP) is 4.87. The van der Waals surface area contributed by atoms with Crippen LogP contribution in [0.25, 0.3) is 0 Å². The SMILES string of the molecule is CCCCNC(=O)C(C)N(Cc1ccc(Cl)cc1)C(=O)Cc1ccccc1Cl. The summed E-state index contributed by atoms with van der Waals surface area (Å²) < 4.78 is 0. The second-order valence-corrected chi connectivity index (χ2v) is 7.58. The van der Waals surface area contributed by atoms with Crippen molar-refractivity contribution in [3.05, 3.63) is 69.7 Å². The molecule has 0 aliphatic heterocycles. The Morgan fingerprint density at radius 3 is 2.39 bits per heavy atom. The number of benzene rings is 2. The zero-order valence-electron chi connectivity index (χ0n) is 16.3. The summed E-state index contributed by atoms with van der Waals surface area (Å²) in [5, 5.41) is 4.08. The first-order chi connectivity index (χ1) is 13.4. The van der Waals surface area contributed by atoms with Crippen LogP contribution in [0.15, 0.2) is 48.5 Å². The molecule has 2 aromatic carbocycles. The quantitative estimate of drug-likeness (QED) is 0.588. The van der Waals surface area contributed by atoms with Gasteiger partial charge in [-0.2, -0.15) is 0 Å². The van der Waals surface area contributed by atoms with Crippen LogP contribution in [0.5, 0.6) is 0 Å². The van der Waals surface area contributed by atoms with Crippen molar-refractivity contribution in [1.29, 1.82) is 0 Å². The number of unbranched alkanes of at least 4 members (excludes halogenated alkanes) is 1. The van der Waals surface area contributed by atoms with Crippen LogP contribution in [0.3, 0.4) is 0 Å². The van der Waals surface area contributed by atoms with Gasteiger partial charge in [-0.05, 0) is 42.7 Å². The highest BCUT2D eigenvalue weighted by molar-refractivity contribution is 6.31. The Kier molecular flexibility index (Phi) is 8.81. The van der Waals surface area contributed by atoms with E-state index < -0.39 is 6.04 Å². The van der Waals surface area contributed by atoms with E-state index in [0.29, 0.717) is 23.1 Å². The van der Waals surface area contributed by atoms with Gasteiger partial charge in [0, 0.05) is 23.1 Å². The zero-order valence-corrected chi connectivity index (χ0v) is 17.8. The van der Waals surface area contributed by atoms with Gasteiger partial charge in [0.1, 0.15) is 6.04 Å². The van der Waals surface area contributed by atoms with Gasteiger partial charge in [-0.15, -0.1) is 0 Å². The molecule has 150 valence electrons. The summed E-state index contributed by atoms with van der Waals surface area (Å²) in [4.78, 5) is 27.2. The Labute approximate surface area is 176 Å². The lowest BCUT2D eigenvalue weighted by Crippen LogP contribution is -2.48. The highest BCUT2D eigenvalue weighted by atomic mass is 35.5. The number of nitrogens with zero attached hydrogens (tertiary/aromatic N) is 1. The highest BCUT2D eigenvalue weighted by Gasteiger charge is 2.26. The molecule has 0 saturated carbocycles. The second-order valence-electron chi connectivity index (χ2n) is 6.74. The summed E-state index contributed by atoms with van der Waals surface area (Å²) >= 11 is 12.2. The average Bonchev–Trinajstić information content (AvgIpc) is 2.68. The third-order valence-corrected chi connectivity index (χ3v) is 5.18. The van der Waals surface area contributed by atoms with Gasteiger partial charge in [-0.1, -0.05) is 66.9 Å². The Morgan fingerprint density at radius 2 is 1.75 bits per heavy atom. The summed E-state index contributed by atoms with van der Waals surface area (Å²) in [6, 6.07) is 13.9. The van der Waals surface area contributed by atoms with Crippen LogP contribution in [0.1, 0.15) is 37.8 Å². The molecular weight excluding hydrogens is 395 g/mol. The highest BCUT2D eigenvalue weighted by Crippen LogP contribution is 2.19. The smallest absolute Gasteiger partial charge is 0.242 e. The number of hydrogen-bond donors (Lipinski definition) is 1. The molecule has 2 rings (SSSR count). The lowest BCUT2D eigenvalue weighted by Gasteiger charge is -2.29. The number of amides is 2. The van der Waals surface area contributed by atoms with Crippen LogP contribution >= 0.6 is 23.2 Å². The van der Waals surface area contributed by atoms with Crippen molar-refractivity contribution in [3.63, 3.8) is 0 Å². The van der Waals surface area contributed by atoms with Crippen molar-refractivity contribution < 1.29 is 9.59 Å². The molecule has 0 bridgehead atoms. The average molecular weight is 421 g/mol. The Bertz CT molecular complexity index is 793. The zero-order chi connectivity index (χ0) is 20.5. The van der Waals surface area contributed by atoms with E-state index in [2.05, 4.69) is 12.2 Å². The third kappa shape index (κ3) is 6.54. The fourth-order valence-corrected chi connectivity index (χ4v) is 3.14. The van der Waals surface area contributed by atoms with Crippen molar-refractivity contribution in [2.45, 2.75) is 45.7 Å². The Balaban J connectivity index is 2.18. The molecular formula is C22H26Cl2N2O2. The van der Waals surface area contributed by atoms with E-state index in [-0.39, 0.29) is 18.2 Å². The fraction of sp³-hybridized carbons (Fsp3) is 0.364. The second kappa shape index (κ2) is 11.1. The van der Waals surface area contributed by atoms with Crippen molar-refractivity contribution in [2.24, 2.45) is 0 Å². The van der Waals surface area contributed by atoms with Gasteiger partial charge in [0.05, 0.1) is 6.42 Å². The summed E-state index contributed by atoms with van der Waals surface area (Å²) in [6.07, 6.45) is 2.04. The molecule has 0 radical (unpaired) electrons. The third-order valence-electron chi connectivity index (χ3n) is 4.56. The summed E-state index contributed by atoms with van der Waals surface area (Å²) in [7, 11) is 0. The van der Waals surface area contributed by atoms with E-state index in [0.717, 1.165) is 24.0 Å². The number of hydrogen-bond acceptors (Lipinski definition) is 2. The van der Waals surface area contributed by atoms with Crippen LogP contribution in [0.4, 0.5) is 0 Å². The number of rotatable bonds is 9. The van der Waals surface area contributed by atoms with Crippen molar-refractivity contribution in [1.82, 2.24) is 10.2 Å². The normalized spacial score (nSPS) is 11.7. The maximum absolute atomic E-state index is 13.1. The van der Waals surface area contributed by atoms with E-state index in [4.69, 9.17) is 23.2 Å². The van der Waals surface area contributed by atoms with Crippen LogP contribution < -0.4 is 5.32 Å². The Morgan fingerprint density at radius 1 is 1.07 bits per heavy atom. The summed E-state index contributed by atoms with van der Waals surface area (Å²) in [6.45, 7) is 4.74. The molecule has 28 heavy (non-hydrogen) atoms. The minimum atomic E-state index is -0.595. The van der Waals surface area contributed by atoms with Gasteiger partial charge in [0.2, 0.25) is 11.8 Å². The van der Waals surface area contributed by atoms with Crippen LogP contribution in [0.2, 0.25) is 10.0 Å². The van der Waals surface area contributed by atoms with E-state index in [1.165, 1.54) is 0 Å². The van der Waals surface area contributed by atoms with Crippen LogP contribution in [-0.4, -0.2) is 29.3 Å². The van der Waals surface area contributed by atoms with Gasteiger partial charge in [-0.25, -0.2) is 0 Å². The molecule has 0 heterocycles. The monoisotopic (exact) mass is 420 g/mol. The molecule has 0 fully saturated rings. The largest absolute Gasteiger partial charge is 0.354 e. The lowest BCUT2D eigenvalue weighted by atomic mass is 10.1. The van der Waals surface area contributed by atoms with Crippen molar-refractivity contribution in [3.8, 4) is 0 Å². The maximum Gasteiger partial charge on any atom is 0.242 e. The topological polar surface area (TPSA) is 49.4 Å². The molecule has 0 aliphatic rings. The van der Waals surface area contributed by atoms with Gasteiger partial charge >= 0.3 is 0 Å². The summed E-state index contributed by atoms with van der Waals surface area (Å²) in [5.74, 6) is -0.309. The molecule has 2 amide bonds. The van der Waals surface area contributed by atoms with Gasteiger partial charge in [0.25, 0.3) is 0 Å². The minimum Gasteiger partial charge on any atom is -0.354 e. The number of carbonyl (C=O) groups excluding carboxylic acids is 2. The van der Waals surface area contributed by atoms with Crippen LogP contribution in [0, 0.1) is 0 Å². The number of carbonyl (C=O) groups is 2. The first kappa shape index (κ1) is 22.3. The molecule has 6 heteroatoms. The first-order valence-corrected chi connectivity index (χ1v) is 10.2. The fourth-order valence-electron chi connectivity index (χ4n) is 2.81. The van der Waals surface area contributed by atoms with E-state index in [1.807, 2.05) is 30.3 Å². The summed E-state index contributed by atoms with van der Waals surface area (Å²) in [5.41, 5.74) is 1.65. The molecule has 0 aliphatic carbocycles. The molecule has 0 spiro atoms. The van der Waals surface area contributed by atoms with Crippen molar-refractivity contribution in [2.75, 3.05) is 6.54 Å². The standard InChI is InChI=1S/C22H26Cl2N2O2/c1-3-4-13-25-22(28)16(2)26(15-17-9-11-19(23)12-10-17)21(27)14-18-7-5-6-8-20(18)24/h5-12,16H,3-4,13-15H2,1-2H3,(H,25,28). The van der Waals surface area contributed by atoms with Gasteiger partial charge < -0.3 is 10.2 Å². The predicted molar refractivity (Wildman–Crippen MR) is 115 cm³/mol. The van der Waals surface area contributed by atoms with E-state index in [9.17, 15) is 9.59 Å². The van der Waals surface area contributed by atoms with Gasteiger partial charge in [-0.3, -0.25) is 9.59 Å². The van der Waals surface area contributed by atoms with E-state index >= 15 is 0 Å². The molecule has 4 nitrogen and oxygen atoms in total. The lowest BCUT2D eigenvalue weighted by molar-refractivity contribution is -0.140. The van der Waals surface area contributed by atoms with Crippen LogP contribution in [-0.2, 0) is 22.6 Å². The first-order valence-electron chi connectivity index (χ1n) is 9.47. The molecule has 0 aromatic heterocycles. The molecule has 1 atom stereocenters. The maximum atomic E-state index is 13.1.